The summed E-state index contributed by atoms with van der Waals surface area (Å²) in [7, 11) is -4.66. The summed E-state index contributed by atoms with van der Waals surface area (Å²) >= 11 is 0. The Balaban J connectivity index is -0.0000000405. The van der Waals surface area contributed by atoms with Crippen molar-refractivity contribution in [2.75, 3.05) is 0 Å². The molecule has 0 bridgehead atoms. The molecule has 12 heavy (non-hydrogen) atoms. The quantitative estimate of drug-likeness (QED) is 0.356. The van der Waals surface area contributed by atoms with Gasteiger partial charge < -0.3 is 19.2 Å². The second-order valence-electron chi connectivity index (χ2n) is 1.58. The third kappa shape index (κ3) is 12.5. The molecule has 0 spiro atoms. The van der Waals surface area contributed by atoms with E-state index >= 15 is 0 Å². The topological polar surface area (TPSA) is 104 Å². The third-order valence-corrected chi connectivity index (χ3v) is 1.23. The van der Waals surface area contributed by atoms with Crippen LogP contribution in [0.1, 0.15) is 11.2 Å². The summed E-state index contributed by atoms with van der Waals surface area (Å²) in [6, 6.07) is 0. The van der Waals surface area contributed by atoms with Gasteiger partial charge in [0.1, 0.15) is 0 Å². The van der Waals surface area contributed by atoms with Gasteiger partial charge in [-0.05, 0) is 6.92 Å². The van der Waals surface area contributed by atoms with Gasteiger partial charge in [0.05, 0.1) is 0 Å². The molecule has 1 atom stereocenters. The Morgan fingerprint density at radius 1 is 1.58 bits per heavy atom. The van der Waals surface area contributed by atoms with E-state index in [0.717, 1.165) is 6.92 Å². The fourth-order valence-electron chi connectivity index (χ4n) is 0.251. The van der Waals surface area contributed by atoms with Crippen LogP contribution >= 0.6 is 7.82 Å². The summed E-state index contributed by atoms with van der Waals surface area (Å²) in [5.74, 6) is -1.41. The normalized spacial score (nSPS) is 12.2. The van der Waals surface area contributed by atoms with Crippen molar-refractivity contribution >= 4 is 51.5 Å². The van der Waals surface area contributed by atoms with Gasteiger partial charge in [-0.2, -0.15) is 0 Å². The van der Waals surface area contributed by atoms with Crippen LogP contribution in [0.4, 0.5) is 0 Å². The molecule has 3 N–H and O–H groups in total. The van der Waals surface area contributed by atoms with Crippen LogP contribution in [0.5, 0.6) is 0 Å². The fourth-order valence-corrected chi connectivity index (χ4v) is 0.753. The van der Waals surface area contributed by atoms with Crippen molar-refractivity contribution in [2.24, 2.45) is 0 Å². The molecule has 0 saturated carbocycles. The van der Waals surface area contributed by atoms with E-state index in [9.17, 15) is 9.36 Å². The number of carboxylic acids is 1. The van der Waals surface area contributed by atoms with Crippen molar-refractivity contribution in [3.8, 4) is 0 Å². The molecule has 0 fully saturated rings. The van der Waals surface area contributed by atoms with Gasteiger partial charge in [-0.15, -0.1) is 0 Å². The molecule has 1 unspecified atom stereocenters. The van der Waals surface area contributed by atoms with Crippen LogP contribution in [-0.4, -0.2) is 64.7 Å². The molecular formula is C3H10CaKO6P. The third-order valence-electron chi connectivity index (χ3n) is 0.643. The first kappa shape index (κ1) is 20.0. The van der Waals surface area contributed by atoms with Crippen LogP contribution in [0, 0.1) is 0 Å². The number of phosphoric acid groups is 1. The van der Waals surface area contributed by atoms with Crippen molar-refractivity contribution in [2.45, 2.75) is 13.0 Å². The number of hydrogen-bond acceptors (Lipinski definition) is 3. The minimum Gasteiger partial charge on any atom is -1.00 e. The average Bonchev–Trinajstić information content (AvgIpc) is 1.60. The van der Waals surface area contributed by atoms with Crippen molar-refractivity contribution in [1.82, 2.24) is 0 Å². The molecule has 0 aromatic carbocycles. The number of carbonyl (C=O) groups is 1. The van der Waals surface area contributed by atoms with Crippen molar-refractivity contribution < 1.29 is 84.4 Å². The number of hydrogen-bond donors (Lipinski definition) is 3. The van der Waals surface area contributed by atoms with Gasteiger partial charge in [-0.3, -0.25) is 4.52 Å². The van der Waals surface area contributed by atoms with Crippen LogP contribution in [0.25, 0.3) is 0 Å². The molecule has 6 nitrogen and oxygen atoms in total. The van der Waals surface area contributed by atoms with Gasteiger partial charge in [-0.1, -0.05) is 0 Å². The van der Waals surface area contributed by atoms with Crippen molar-refractivity contribution in [3.63, 3.8) is 0 Å². The summed E-state index contributed by atoms with van der Waals surface area (Å²) in [5.41, 5.74) is 0. The minimum atomic E-state index is -4.66. The fraction of sp³-hybridized carbons (Fsp3) is 0.667. The Hall–Kier alpha value is 2.48. The molecule has 66 valence electrons. The maximum atomic E-state index is 9.96. The van der Waals surface area contributed by atoms with E-state index in [-0.39, 0.29) is 93.4 Å². The second-order valence-corrected chi connectivity index (χ2v) is 2.77. The molecule has 0 radical (unpaired) electrons. The molecular weight excluding hydrogens is 242 g/mol. The van der Waals surface area contributed by atoms with Gasteiger partial charge in [0, 0.05) is 0 Å². The molecule has 9 heteroatoms. The summed E-state index contributed by atoms with van der Waals surface area (Å²) in [6.45, 7) is 1.03. The number of phosphoric ester groups is 1. The minimum absolute atomic E-state index is 0. The monoisotopic (exact) mass is 252 g/mol. The van der Waals surface area contributed by atoms with E-state index in [1.54, 1.807) is 0 Å². The molecule has 0 amide bonds. The Morgan fingerprint density at radius 3 is 2.00 bits per heavy atom. The smallest absolute Gasteiger partial charge is 1.00 e. The summed E-state index contributed by atoms with van der Waals surface area (Å²) in [5, 5.41) is 8.08. The molecule has 0 aromatic heterocycles. The summed E-state index contributed by atoms with van der Waals surface area (Å²) in [6.07, 6.45) is -1.49. The van der Waals surface area contributed by atoms with Crippen LogP contribution in [-0.2, 0) is 13.9 Å². The summed E-state index contributed by atoms with van der Waals surface area (Å²) in [4.78, 5) is 26.0. The van der Waals surface area contributed by atoms with Gasteiger partial charge in [0.2, 0.25) is 0 Å². The molecule has 0 rings (SSSR count). The largest absolute Gasteiger partial charge is 2.00 e. The van der Waals surface area contributed by atoms with E-state index in [4.69, 9.17) is 14.9 Å². The van der Waals surface area contributed by atoms with E-state index in [1.165, 1.54) is 0 Å². The number of carboxylic acid groups (broad SMARTS) is 1. The first-order valence-corrected chi connectivity index (χ1v) is 3.82. The zero-order valence-electron chi connectivity index (χ0n) is 9.80. The van der Waals surface area contributed by atoms with Crippen molar-refractivity contribution in [3.05, 3.63) is 0 Å². The Labute approximate surface area is 146 Å². The number of aliphatic carboxylic acids is 1. The first-order chi connectivity index (χ1) is 4.33. The number of rotatable bonds is 3. The van der Waals surface area contributed by atoms with Crippen LogP contribution < -0.4 is 51.4 Å². The molecule has 0 aliphatic rings. The molecule has 0 saturated heterocycles. The van der Waals surface area contributed by atoms with Gasteiger partial charge in [0.25, 0.3) is 0 Å². The molecule has 0 aliphatic heterocycles. The maximum Gasteiger partial charge on any atom is 2.00 e. The van der Waals surface area contributed by atoms with Gasteiger partial charge >= 0.3 is 103 Å². The standard InChI is InChI=1S/C3H7O6P.Ca.K.3H/c1-2(3(4)5)9-10(6,7)8;;;;;/h2H,1H3,(H,4,5)(H2,6,7,8);;;;;/q;+2;+1;3*-1. The zero-order chi connectivity index (χ0) is 8.36. The molecule has 0 aliphatic carbocycles. The van der Waals surface area contributed by atoms with E-state index in [2.05, 4.69) is 4.52 Å². The van der Waals surface area contributed by atoms with Gasteiger partial charge in [-0.25, -0.2) is 9.36 Å². The maximum absolute atomic E-state index is 9.96. The summed E-state index contributed by atoms with van der Waals surface area (Å²) < 4.78 is 13.7. The first-order valence-electron chi connectivity index (χ1n) is 2.29. The van der Waals surface area contributed by atoms with E-state index < -0.39 is 19.9 Å². The zero-order valence-corrected chi connectivity index (χ0v) is 13.0. The second kappa shape index (κ2) is 8.76. The van der Waals surface area contributed by atoms with Crippen LogP contribution in [0.2, 0.25) is 0 Å². The Bertz CT molecular complexity index is 190. The Kier molecular flexibility index (Phi) is 14.6. The van der Waals surface area contributed by atoms with Crippen LogP contribution in [0.15, 0.2) is 0 Å². The Morgan fingerprint density at radius 2 is 1.92 bits per heavy atom. The predicted octanol–water partition coefficient (Wildman–Crippen LogP) is -3.47. The molecule has 0 heterocycles. The SMILES string of the molecule is CC(OP(=O)(O)O)C(=O)O.[Ca+2].[H-].[H-].[H-].[K+]. The van der Waals surface area contributed by atoms with Gasteiger partial charge in [0.15, 0.2) is 6.10 Å². The molecule has 0 aromatic rings. The average molecular weight is 252 g/mol. The van der Waals surface area contributed by atoms with E-state index in [1.807, 2.05) is 0 Å². The van der Waals surface area contributed by atoms with Crippen LogP contribution in [0.3, 0.4) is 0 Å². The van der Waals surface area contributed by atoms with E-state index in [0.29, 0.717) is 0 Å². The predicted molar refractivity (Wildman–Crippen MR) is 39.3 cm³/mol. The van der Waals surface area contributed by atoms with Crippen molar-refractivity contribution in [1.29, 1.82) is 0 Å².